The van der Waals surface area contributed by atoms with Crippen molar-refractivity contribution < 1.29 is 4.79 Å². The van der Waals surface area contributed by atoms with Crippen molar-refractivity contribution in [2.45, 2.75) is 26.8 Å². The summed E-state index contributed by atoms with van der Waals surface area (Å²) in [5.74, 6) is -0.0872. The molecule has 4 nitrogen and oxygen atoms in total. The second kappa shape index (κ2) is 5.57. The molecule has 1 amide bonds. The lowest BCUT2D eigenvalue weighted by Crippen LogP contribution is -2.30. The predicted octanol–water partition coefficient (Wildman–Crippen LogP) is 3.08. The molecule has 19 heavy (non-hydrogen) atoms. The molecule has 1 heterocycles. The number of carbonyl (C=O) groups excluding carboxylic acids is 1. The molecule has 1 aromatic heterocycles. The lowest BCUT2D eigenvalue weighted by molar-refractivity contribution is 0.0942. The Morgan fingerprint density at radius 2 is 1.95 bits per heavy atom. The standard InChI is InChI=1S/C14H16BrN3O/c1-9(2)17-14(19)13-8-16-18(10(13)3)12-6-4-11(15)5-7-12/h4-9H,1-3H3,(H,17,19). The number of hydrogen-bond acceptors (Lipinski definition) is 2. The van der Waals surface area contributed by atoms with E-state index in [0.29, 0.717) is 5.56 Å². The number of nitrogens with one attached hydrogen (secondary N) is 1. The molecule has 100 valence electrons. The number of halogens is 1. The van der Waals surface area contributed by atoms with Crippen LogP contribution in [0.5, 0.6) is 0 Å². The highest BCUT2D eigenvalue weighted by atomic mass is 79.9. The molecule has 0 radical (unpaired) electrons. The first-order valence-corrected chi connectivity index (χ1v) is 6.89. The smallest absolute Gasteiger partial charge is 0.254 e. The molecule has 0 unspecified atom stereocenters. The van der Waals surface area contributed by atoms with E-state index >= 15 is 0 Å². The third kappa shape index (κ3) is 3.04. The van der Waals surface area contributed by atoms with Crippen molar-refractivity contribution in [2.75, 3.05) is 0 Å². The van der Waals surface area contributed by atoms with E-state index < -0.39 is 0 Å². The number of rotatable bonds is 3. The molecule has 0 spiro atoms. The minimum atomic E-state index is -0.0872. The van der Waals surface area contributed by atoms with E-state index in [4.69, 9.17) is 0 Å². The summed E-state index contributed by atoms with van der Waals surface area (Å²) in [6, 6.07) is 7.92. The van der Waals surface area contributed by atoms with Crippen molar-refractivity contribution in [2.24, 2.45) is 0 Å². The highest BCUT2D eigenvalue weighted by Crippen LogP contribution is 2.17. The molecule has 0 fully saturated rings. The van der Waals surface area contributed by atoms with Gasteiger partial charge in [0, 0.05) is 10.5 Å². The molecular weight excluding hydrogens is 306 g/mol. The maximum absolute atomic E-state index is 12.0. The summed E-state index contributed by atoms with van der Waals surface area (Å²) >= 11 is 3.40. The van der Waals surface area contributed by atoms with Crippen LogP contribution in [0.2, 0.25) is 0 Å². The van der Waals surface area contributed by atoms with E-state index in [1.165, 1.54) is 0 Å². The second-order valence-corrected chi connectivity index (χ2v) is 5.58. The van der Waals surface area contributed by atoms with Gasteiger partial charge in [-0.15, -0.1) is 0 Å². The van der Waals surface area contributed by atoms with E-state index in [2.05, 4.69) is 26.3 Å². The number of hydrogen-bond donors (Lipinski definition) is 1. The zero-order valence-corrected chi connectivity index (χ0v) is 12.7. The highest BCUT2D eigenvalue weighted by molar-refractivity contribution is 9.10. The SMILES string of the molecule is Cc1c(C(=O)NC(C)C)cnn1-c1ccc(Br)cc1. The third-order valence-electron chi connectivity index (χ3n) is 2.75. The van der Waals surface area contributed by atoms with Crippen molar-refractivity contribution in [3.05, 3.63) is 46.2 Å². The minimum Gasteiger partial charge on any atom is -0.350 e. The van der Waals surface area contributed by atoms with E-state index in [1.807, 2.05) is 45.0 Å². The average molecular weight is 322 g/mol. The molecule has 1 N–H and O–H groups in total. The Labute approximate surface area is 120 Å². The van der Waals surface area contributed by atoms with Gasteiger partial charge in [0.1, 0.15) is 0 Å². The fourth-order valence-corrected chi connectivity index (χ4v) is 2.08. The number of amides is 1. The third-order valence-corrected chi connectivity index (χ3v) is 3.27. The van der Waals surface area contributed by atoms with Gasteiger partial charge in [0.05, 0.1) is 23.1 Å². The number of benzene rings is 1. The van der Waals surface area contributed by atoms with Crippen LogP contribution < -0.4 is 5.32 Å². The second-order valence-electron chi connectivity index (χ2n) is 4.66. The molecule has 5 heteroatoms. The monoisotopic (exact) mass is 321 g/mol. The fraction of sp³-hybridized carbons (Fsp3) is 0.286. The zero-order valence-electron chi connectivity index (χ0n) is 11.1. The molecule has 0 saturated heterocycles. The Morgan fingerprint density at radius 1 is 1.32 bits per heavy atom. The molecule has 0 atom stereocenters. The molecule has 0 aliphatic carbocycles. The van der Waals surface area contributed by atoms with Gasteiger partial charge in [-0.25, -0.2) is 4.68 Å². The predicted molar refractivity (Wildman–Crippen MR) is 78.6 cm³/mol. The number of carbonyl (C=O) groups is 1. The van der Waals surface area contributed by atoms with E-state index in [9.17, 15) is 4.79 Å². The molecule has 0 aliphatic heterocycles. The lowest BCUT2D eigenvalue weighted by atomic mass is 10.2. The summed E-state index contributed by atoms with van der Waals surface area (Å²) in [5.41, 5.74) is 2.38. The van der Waals surface area contributed by atoms with E-state index in [-0.39, 0.29) is 11.9 Å². The first kappa shape index (κ1) is 13.8. The Hall–Kier alpha value is -1.62. The lowest BCUT2D eigenvalue weighted by Gasteiger charge is -2.08. The van der Waals surface area contributed by atoms with Crippen molar-refractivity contribution in [3.8, 4) is 5.69 Å². The minimum absolute atomic E-state index is 0.0872. The van der Waals surface area contributed by atoms with E-state index in [0.717, 1.165) is 15.9 Å². The summed E-state index contributed by atoms with van der Waals surface area (Å²) in [4.78, 5) is 12.0. The summed E-state index contributed by atoms with van der Waals surface area (Å²) in [6.07, 6.45) is 1.61. The van der Waals surface area contributed by atoms with Crippen LogP contribution in [0.15, 0.2) is 34.9 Å². The van der Waals surface area contributed by atoms with Gasteiger partial charge in [0.2, 0.25) is 0 Å². The van der Waals surface area contributed by atoms with Crippen LogP contribution in [0.3, 0.4) is 0 Å². The summed E-state index contributed by atoms with van der Waals surface area (Å²) in [5, 5.41) is 7.16. The van der Waals surface area contributed by atoms with Gasteiger partial charge < -0.3 is 5.32 Å². The molecule has 0 aliphatic rings. The Morgan fingerprint density at radius 3 is 2.53 bits per heavy atom. The summed E-state index contributed by atoms with van der Waals surface area (Å²) < 4.78 is 2.78. The van der Waals surface area contributed by atoms with Gasteiger partial charge in [0.15, 0.2) is 0 Å². The Bertz CT molecular complexity index is 587. The van der Waals surface area contributed by atoms with Crippen molar-refractivity contribution in [1.29, 1.82) is 0 Å². The van der Waals surface area contributed by atoms with E-state index in [1.54, 1.807) is 10.9 Å². The zero-order chi connectivity index (χ0) is 14.0. The largest absolute Gasteiger partial charge is 0.350 e. The highest BCUT2D eigenvalue weighted by Gasteiger charge is 2.15. The van der Waals surface area contributed by atoms with Crippen LogP contribution in [-0.2, 0) is 0 Å². The quantitative estimate of drug-likeness (QED) is 0.944. The Kier molecular flexibility index (Phi) is 4.04. The maximum atomic E-state index is 12.0. The van der Waals surface area contributed by atoms with Crippen LogP contribution in [-0.4, -0.2) is 21.7 Å². The number of nitrogens with zero attached hydrogens (tertiary/aromatic N) is 2. The van der Waals surface area contributed by atoms with Crippen LogP contribution >= 0.6 is 15.9 Å². The normalized spacial score (nSPS) is 10.8. The molecule has 0 bridgehead atoms. The molecule has 0 saturated carbocycles. The van der Waals surface area contributed by atoms with Gasteiger partial charge in [-0.1, -0.05) is 15.9 Å². The fourth-order valence-electron chi connectivity index (χ4n) is 1.82. The van der Waals surface area contributed by atoms with Gasteiger partial charge >= 0.3 is 0 Å². The average Bonchev–Trinajstić information content (AvgIpc) is 2.71. The van der Waals surface area contributed by atoms with Gasteiger partial charge in [-0.2, -0.15) is 5.10 Å². The van der Waals surface area contributed by atoms with Crippen molar-refractivity contribution in [3.63, 3.8) is 0 Å². The molecular formula is C14H16BrN3O. The molecule has 2 aromatic rings. The first-order valence-electron chi connectivity index (χ1n) is 6.10. The van der Waals surface area contributed by atoms with Crippen LogP contribution in [0.25, 0.3) is 5.69 Å². The topological polar surface area (TPSA) is 46.9 Å². The van der Waals surface area contributed by atoms with Gasteiger partial charge in [-0.3, -0.25) is 4.79 Å². The van der Waals surface area contributed by atoms with Gasteiger partial charge in [0.25, 0.3) is 5.91 Å². The summed E-state index contributed by atoms with van der Waals surface area (Å²) in [7, 11) is 0. The Balaban J connectivity index is 2.32. The first-order chi connectivity index (χ1) is 8.99. The van der Waals surface area contributed by atoms with Crippen LogP contribution in [0.4, 0.5) is 0 Å². The van der Waals surface area contributed by atoms with Crippen LogP contribution in [0, 0.1) is 6.92 Å². The summed E-state index contributed by atoms with van der Waals surface area (Å²) in [6.45, 7) is 5.77. The van der Waals surface area contributed by atoms with Crippen LogP contribution in [0.1, 0.15) is 29.9 Å². The van der Waals surface area contributed by atoms with Crippen molar-refractivity contribution in [1.82, 2.24) is 15.1 Å². The maximum Gasteiger partial charge on any atom is 0.254 e. The molecule has 1 aromatic carbocycles. The molecule has 2 rings (SSSR count). The van der Waals surface area contributed by atoms with Crippen molar-refractivity contribution >= 4 is 21.8 Å². The number of aromatic nitrogens is 2. The van der Waals surface area contributed by atoms with Gasteiger partial charge in [-0.05, 0) is 45.0 Å².